The van der Waals surface area contributed by atoms with Crippen LogP contribution in [0.25, 0.3) is 0 Å². The van der Waals surface area contributed by atoms with E-state index >= 15 is 0 Å². The van der Waals surface area contributed by atoms with Crippen molar-refractivity contribution in [2.24, 2.45) is 5.73 Å². The third-order valence-corrected chi connectivity index (χ3v) is 5.04. The lowest BCUT2D eigenvalue weighted by atomic mass is 9.65. The number of rotatable bonds is 3. The minimum atomic E-state index is -1.14. The number of nitrogens with two attached hydrogens (primary N) is 1. The molecule has 0 aromatic heterocycles. The Kier molecular flexibility index (Phi) is 3.34. The molecule has 0 radical (unpaired) electrons. The number of hydrogen-bond donors (Lipinski definition) is 2. The first-order valence-electron chi connectivity index (χ1n) is 7.28. The van der Waals surface area contributed by atoms with Crippen LogP contribution >= 0.6 is 0 Å². The summed E-state index contributed by atoms with van der Waals surface area (Å²) in [5.41, 5.74) is 7.49. The Balaban J connectivity index is 2.14. The molecule has 0 amide bonds. The van der Waals surface area contributed by atoms with Crippen LogP contribution in [0.1, 0.15) is 30.0 Å². The van der Waals surface area contributed by atoms with Crippen molar-refractivity contribution in [2.45, 2.75) is 30.8 Å². The molecule has 3 heteroatoms. The second-order valence-corrected chi connectivity index (χ2v) is 6.02. The Labute approximate surface area is 124 Å². The molecule has 0 saturated heterocycles. The lowest BCUT2D eigenvalue weighted by Gasteiger charge is -2.43. The standard InChI is InChI=1S/C18H20FNO/c1-17(21,14-6-8-15(19)9-7-14)18(12-20)11-10-13-4-2-3-5-16(13)18/h2-9,21H,10-12,20H2,1H3. The van der Waals surface area contributed by atoms with Crippen LogP contribution in [0.4, 0.5) is 4.39 Å². The monoisotopic (exact) mass is 285 g/mol. The van der Waals surface area contributed by atoms with Crippen molar-refractivity contribution in [1.82, 2.24) is 0 Å². The first-order chi connectivity index (χ1) is 10.0. The summed E-state index contributed by atoms with van der Waals surface area (Å²) in [6, 6.07) is 14.2. The lowest BCUT2D eigenvalue weighted by Crippen LogP contribution is -2.51. The average molecular weight is 285 g/mol. The highest BCUT2D eigenvalue weighted by atomic mass is 19.1. The number of aryl methyl sites for hydroxylation is 1. The predicted octanol–water partition coefficient (Wildman–Crippen LogP) is 2.88. The highest BCUT2D eigenvalue weighted by Crippen LogP contribution is 2.50. The topological polar surface area (TPSA) is 46.2 Å². The van der Waals surface area contributed by atoms with Crippen molar-refractivity contribution >= 4 is 0 Å². The molecule has 2 nitrogen and oxygen atoms in total. The molecule has 0 heterocycles. The molecule has 3 rings (SSSR count). The normalized spacial score (nSPS) is 23.6. The first-order valence-corrected chi connectivity index (χ1v) is 7.28. The molecule has 2 atom stereocenters. The maximum absolute atomic E-state index is 13.2. The molecule has 2 aromatic rings. The van der Waals surface area contributed by atoms with E-state index in [2.05, 4.69) is 6.07 Å². The van der Waals surface area contributed by atoms with Gasteiger partial charge < -0.3 is 10.8 Å². The largest absolute Gasteiger partial charge is 0.384 e. The van der Waals surface area contributed by atoms with Gasteiger partial charge in [0.15, 0.2) is 0 Å². The minimum Gasteiger partial charge on any atom is -0.384 e. The van der Waals surface area contributed by atoms with Crippen LogP contribution in [-0.4, -0.2) is 11.7 Å². The van der Waals surface area contributed by atoms with Gasteiger partial charge in [0.05, 0.1) is 5.60 Å². The summed E-state index contributed by atoms with van der Waals surface area (Å²) >= 11 is 0. The molecule has 0 bridgehead atoms. The van der Waals surface area contributed by atoms with Gasteiger partial charge in [-0.15, -0.1) is 0 Å². The van der Waals surface area contributed by atoms with Crippen LogP contribution in [-0.2, 0) is 17.4 Å². The quantitative estimate of drug-likeness (QED) is 0.911. The van der Waals surface area contributed by atoms with E-state index in [9.17, 15) is 9.50 Å². The van der Waals surface area contributed by atoms with Crippen LogP contribution in [0.15, 0.2) is 48.5 Å². The number of aliphatic hydroxyl groups is 1. The molecule has 1 aliphatic rings. The number of fused-ring (bicyclic) bond motifs is 1. The van der Waals surface area contributed by atoms with Crippen molar-refractivity contribution < 1.29 is 9.50 Å². The maximum Gasteiger partial charge on any atom is 0.123 e. The van der Waals surface area contributed by atoms with E-state index in [1.54, 1.807) is 19.1 Å². The Hall–Kier alpha value is -1.71. The van der Waals surface area contributed by atoms with Gasteiger partial charge in [-0.2, -0.15) is 0 Å². The Morgan fingerprint density at radius 3 is 2.52 bits per heavy atom. The highest BCUT2D eigenvalue weighted by Gasteiger charge is 2.51. The summed E-state index contributed by atoms with van der Waals surface area (Å²) in [5, 5.41) is 11.3. The summed E-state index contributed by atoms with van der Waals surface area (Å²) < 4.78 is 13.2. The minimum absolute atomic E-state index is 0.303. The zero-order valence-corrected chi connectivity index (χ0v) is 12.1. The summed E-state index contributed by atoms with van der Waals surface area (Å²) in [7, 11) is 0. The van der Waals surface area contributed by atoms with E-state index < -0.39 is 11.0 Å². The number of halogens is 1. The van der Waals surface area contributed by atoms with Crippen molar-refractivity contribution in [2.75, 3.05) is 6.54 Å². The van der Waals surface area contributed by atoms with Crippen LogP contribution in [0, 0.1) is 5.82 Å². The van der Waals surface area contributed by atoms with Gasteiger partial charge in [-0.3, -0.25) is 0 Å². The first kappa shape index (κ1) is 14.2. The predicted molar refractivity (Wildman–Crippen MR) is 81.5 cm³/mol. The van der Waals surface area contributed by atoms with Crippen LogP contribution in [0.3, 0.4) is 0 Å². The molecule has 0 fully saturated rings. The van der Waals surface area contributed by atoms with E-state index in [0.717, 1.165) is 18.4 Å². The van der Waals surface area contributed by atoms with Crippen LogP contribution in [0.2, 0.25) is 0 Å². The molecule has 0 saturated carbocycles. The van der Waals surface area contributed by atoms with E-state index in [4.69, 9.17) is 5.73 Å². The maximum atomic E-state index is 13.2. The second kappa shape index (κ2) is 4.93. The van der Waals surface area contributed by atoms with Crippen LogP contribution < -0.4 is 5.73 Å². The van der Waals surface area contributed by atoms with Gasteiger partial charge in [0.25, 0.3) is 0 Å². The third-order valence-electron chi connectivity index (χ3n) is 5.04. The van der Waals surface area contributed by atoms with E-state index in [1.807, 2.05) is 18.2 Å². The van der Waals surface area contributed by atoms with Crippen molar-refractivity contribution in [3.63, 3.8) is 0 Å². The Morgan fingerprint density at radius 2 is 1.86 bits per heavy atom. The molecule has 0 aliphatic heterocycles. The summed E-state index contributed by atoms with van der Waals surface area (Å²) in [6.07, 6.45) is 1.71. The van der Waals surface area contributed by atoms with Gasteiger partial charge in [-0.05, 0) is 48.6 Å². The van der Waals surface area contributed by atoms with Gasteiger partial charge in [-0.25, -0.2) is 4.39 Å². The fourth-order valence-electron chi connectivity index (χ4n) is 3.65. The third kappa shape index (κ3) is 2.00. The SMILES string of the molecule is CC(O)(c1ccc(F)cc1)C1(CN)CCc2ccccc21. The fraction of sp³-hybridized carbons (Fsp3) is 0.333. The second-order valence-electron chi connectivity index (χ2n) is 6.02. The van der Waals surface area contributed by atoms with Crippen molar-refractivity contribution in [3.8, 4) is 0 Å². The van der Waals surface area contributed by atoms with E-state index in [0.29, 0.717) is 12.1 Å². The Bertz CT molecular complexity index is 651. The van der Waals surface area contributed by atoms with Gasteiger partial charge >= 0.3 is 0 Å². The molecule has 2 aromatic carbocycles. The van der Waals surface area contributed by atoms with Gasteiger partial charge in [0.1, 0.15) is 5.82 Å². The number of benzene rings is 2. The molecule has 2 unspecified atom stereocenters. The highest BCUT2D eigenvalue weighted by molar-refractivity contribution is 5.45. The molecule has 1 aliphatic carbocycles. The smallest absolute Gasteiger partial charge is 0.123 e. The Morgan fingerprint density at radius 1 is 1.19 bits per heavy atom. The van der Waals surface area contributed by atoms with Crippen molar-refractivity contribution in [3.05, 3.63) is 71.0 Å². The van der Waals surface area contributed by atoms with E-state index in [1.165, 1.54) is 17.7 Å². The average Bonchev–Trinajstić information content (AvgIpc) is 2.88. The lowest BCUT2D eigenvalue weighted by molar-refractivity contribution is -0.0260. The molecular weight excluding hydrogens is 265 g/mol. The van der Waals surface area contributed by atoms with Crippen molar-refractivity contribution in [1.29, 1.82) is 0 Å². The summed E-state index contributed by atoms with van der Waals surface area (Å²) in [5.74, 6) is -0.303. The molecule has 0 spiro atoms. The molecule has 110 valence electrons. The van der Waals surface area contributed by atoms with Gasteiger partial charge in [0, 0.05) is 12.0 Å². The molecule has 21 heavy (non-hydrogen) atoms. The molecule has 3 N–H and O–H groups in total. The zero-order chi connectivity index (χ0) is 15.1. The van der Waals surface area contributed by atoms with Gasteiger partial charge in [0.2, 0.25) is 0 Å². The van der Waals surface area contributed by atoms with Crippen LogP contribution in [0.5, 0.6) is 0 Å². The van der Waals surface area contributed by atoms with E-state index in [-0.39, 0.29) is 5.82 Å². The fourth-order valence-corrected chi connectivity index (χ4v) is 3.65. The summed E-state index contributed by atoms with van der Waals surface area (Å²) in [6.45, 7) is 2.14. The number of hydrogen-bond acceptors (Lipinski definition) is 2. The summed E-state index contributed by atoms with van der Waals surface area (Å²) in [4.78, 5) is 0. The zero-order valence-electron chi connectivity index (χ0n) is 12.1. The van der Waals surface area contributed by atoms with Gasteiger partial charge in [-0.1, -0.05) is 36.4 Å². The molecular formula is C18H20FNO.